The fourth-order valence-corrected chi connectivity index (χ4v) is 2.26. The van der Waals surface area contributed by atoms with Gasteiger partial charge in [0.2, 0.25) is 0 Å². The third-order valence-corrected chi connectivity index (χ3v) is 3.21. The predicted octanol–water partition coefficient (Wildman–Crippen LogP) is 3.82. The highest BCUT2D eigenvalue weighted by atomic mass is 19.4. The summed E-state index contributed by atoms with van der Waals surface area (Å²) < 4.78 is 41.1. The lowest BCUT2D eigenvalue weighted by atomic mass is 10.0. The summed E-state index contributed by atoms with van der Waals surface area (Å²) in [7, 11) is 0. The van der Waals surface area contributed by atoms with Gasteiger partial charge in [-0.05, 0) is 38.6 Å². The van der Waals surface area contributed by atoms with Crippen LogP contribution in [0.1, 0.15) is 45.4 Å². The summed E-state index contributed by atoms with van der Waals surface area (Å²) in [5.41, 5.74) is 1.22. The molecule has 0 saturated heterocycles. The average molecular weight is 279 g/mol. The zero-order valence-electron chi connectivity index (χ0n) is 11.6. The Hall–Kier alpha value is -0.550. The summed E-state index contributed by atoms with van der Waals surface area (Å²) >= 11 is 0. The van der Waals surface area contributed by atoms with Gasteiger partial charge in [-0.1, -0.05) is 25.0 Å². The van der Waals surface area contributed by atoms with E-state index in [1.807, 2.05) is 6.92 Å². The molecule has 0 spiro atoms. The molecule has 1 rings (SSSR count). The summed E-state index contributed by atoms with van der Waals surface area (Å²) in [6.07, 6.45) is 4.38. The first-order valence-electron chi connectivity index (χ1n) is 7.09. The molecule has 0 amide bonds. The molecule has 1 atom stereocenters. The van der Waals surface area contributed by atoms with Crippen LogP contribution in [0, 0.1) is 0 Å². The Kier molecular flexibility index (Phi) is 7.46. The van der Waals surface area contributed by atoms with Gasteiger partial charge in [0.25, 0.3) is 0 Å². The van der Waals surface area contributed by atoms with E-state index in [0.717, 1.165) is 32.2 Å². The number of halogens is 3. The van der Waals surface area contributed by atoms with E-state index in [9.17, 15) is 13.2 Å². The molecule has 1 N–H and O–H groups in total. The molecule has 1 aliphatic rings. The Balaban J connectivity index is 2.47. The van der Waals surface area contributed by atoms with Crippen LogP contribution in [-0.4, -0.2) is 32.0 Å². The topological polar surface area (TPSA) is 21.3 Å². The van der Waals surface area contributed by atoms with E-state index in [4.69, 9.17) is 4.74 Å². The third-order valence-electron chi connectivity index (χ3n) is 3.21. The SMILES string of the molecule is CCCNC(COCC(F)(F)F)C1=CCCCCC1. The Morgan fingerprint density at radius 3 is 2.79 bits per heavy atom. The molecule has 1 aliphatic carbocycles. The van der Waals surface area contributed by atoms with Crippen molar-refractivity contribution in [2.24, 2.45) is 0 Å². The second-order valence-electron chi connectivity index (χ2n) is 5.02. The third kappa shape index (κ3) is 7.57. The highest BCUT2D eigenvalue weighted by Crippen LogP contribution is 2.21. The van der Waals surface area contributed by atoms with Crippen molar-refractivity contribution in [3.8, 4) is 0 Å². The fraction of sp³-hybridized carbons (Fsp3) is 0.857. The van der Waals surface area contributed by atoms with E-state index in [1.165, 1.54) is 18.4 Å². The standard InChI is InChI=1S/C14H24F3NO/c1-2-9-18-13(10-19-11-14(15,16)17)12-7-5-3-4-6-8-12/h7,13,18H,2-6,8-11H2,1H3. The first kappa shape index (κ1) is 16.5. The maximum absolute atomic E-state index is 12.1. The van der Waals surface area contributed by atoms with Crippen molar-refractivity contribution in [1.82, 2.24) is 5.32 Å². The predicted molar refractivity (Wildman–Crippen MR) is 70.1 cm³/mol. The summed E-state index contributed by atoms with van der Waals surface area (Å²) in [5, 5.41) is 3.29. The molecule has 0 aromatic heterocycles. The minimum absolute atomic E-state index is 0.0691. The van der Waals surface area contributed by atoms with Gasteiger partial charge in [-0.3, -0.25) is 0 Å². The van der Waals surface area contributed by atoms with Crippen LogP contribution in [0.4, 0.5) is 13.2 Å². The largest absolute Gasteiger partial charge is 0.411 e. The Morgan fingerprint density at radius 2 is 2.11 bits per heavy atom. The number of ether oxygens (including phenoxy) is 1. The van der Waals surface area contributed by atoms with Gasteiger partial charge in [-0.25, -0.2) is 0 Å². The van der Waals surface area contributed by atoms with Crippen molar-refractivity contribution in [2.75, 3.05) is 19.8 Å². The highest BCUT2D eigenvalue weighted by molar-refractivity contribution is 5.12. The van der Waals surface area contributed by atoms with Crippen LogP contribution >= 0.6 is 0 Å². The van der Waals surface area contributed by atoms with Gasteiger partial charge in [-0.2, -0.15) is 13.2 Å². The summed E-state index contributed by atoms with van der Waals surface area (Å²) in [6.45, 7) is 1.79. The highest BCUT2D eigenvalue weighted by Gasteiger charge is 2.28. The molecule has 19 heavy (non-hydrogen) atoms. The maximum Gasteiger partial charge on any atom is 0.411 e. The molecule has 0 saturated carbocycles. The molecule has 2 nitrogen and oxygen atoms in total. The quantitative estimate of drug-likeness (QED) is 0.715. The smallest absolute Gasteiger partial charge is 0.370 e. The fourth-order valence-electron chi connectivity index (χ4n) is 2.26. The molecule has 0 aromatic carbocycles. The Labute approximate surface area is 113 Å². The van der Waals surface area contributed by atoms with E-state index in [1.54, 1.807) is 0 Å². The molecule has 5 heteroatoms. The van der Waals surface area contributed by atoms with Crippen LogP contribution in [0.25, 0.3) is 0 Å². The van der Waals surface area contributed by atoms with Crippen LogP contribution in [0.2, 0.25) is 0 Å². The lowest BCUT2D eigenvalue weighted by Gasteiger charge is -2.22. The van der Waals surface area contributed by atoms with E-state index >= 15 is 0 Å². The number of rotatable bonds is 7. The van der Waals surface area contributed by atoms with E-state index in [2.05, 4.69) is 11.4 Å². The van der Waals surface area contributed by atoms with Gasteiger partial charge < -0.3 is 10.1 Å². The molecule has 1 unspecified atom stereocenters. The van der Waals surface area contributed by atoms with Crippen molar-refractivity contribution < 1.29 is 17.9 Å². The Bertz CT molecular complexity index is 276. The number of alkyl halides is 3. The second kappa shape index (κ2) is 8.59. The van der Waals surface area contributed by atoms with E-state index < -0.39 is 12.8 Å². The van der Waals surface area contributed by atoms with Gasteiger partial charge in [0, 0.05) is 0 Å². The first-order valence-corrected chi connectivity index (χ1v) is 7.09. The van der Waals surface area contributed by atoms with Gasteiger partial charge in [0.15, 0.2) is 0 Å². The normalized spacial score (nSPS) is 18.8. The Morgan fingerprint density at radius 1 is 1.32 bits per heavy atom. The zero-order chi connectivity index (χ0) is 14.1. The van der Waals surface area contributed by atoms with Crippen molar-refractivity contribution >= 4 is 0 Å². The molecule has 0 heterocycles. The van der Waals surface area contributed by atoms with Crippen LogP contribution in [-0.2, 0) is 4.74 Å². The molecule has 0 radical (unpaired) electrons. The number of allylic oxidation sites excluding steroid dienone is 1. The maximum atomic E-state index is 12.1. The molecule has 112 valence electrons. The average Bonchev–Trinajstić information content (AvgIpc) is 2.61. The lowest BCUT2D eigenvalue weighted by Crippen LogP contribution is -2.37. The van der Waals surface area contributed by atoms with Crippen LogP contribution in [0.15, 0.2) is 11.6 Å². The van der Waals surface area contributed by atoms with Gasteiger partial charge in [-0.15, -0.1) is 0 Å². The zero-order valence-corrected chi connectivity index (χ0v) is 11.6. The molecule has 0 bridgehead atoms. The van der Waals surface area contributed by atoms with Gasteiger partial charge >= 0.3 is 6.18 Å². The summed E-state index contributed by atoms with van der Waals surface area (Å²) in [4.78, 5) is 0. The van der Waals surface area contributed by atoms with Gasteiger partial charge in [0.1, 0.15) is 6.61 Å². The van der Waals surface area contributed by atoms with Crippen molar-refractivity contribution in [2.45, 2.75) is 57.7 Å². The van der Waals surface area contributed by atoms with Crippen LogP contribution in [0.5, 0.6) is 0 Å². The summed E-state index contributed by atoms with van der Waals surface area (Å²) in [6, 6.07) is -0.0691. The molecular weight excluding hydrogens is 255 g/mol. The number of hydrogen-bond donors (Lipinski definition) is 1. The number of nitrogens with one attached hydrogen (secondary N) is 1. The minimum Gasteiger partial charge on any atom is -0.370 e. The van der Waals surface area contributed by atoms with E-state index in [-0.39, 0.29) is 12.6 Å². The molecule has 0 aliphatic heterocycles. The van der Waals surface area contributed by atoms with Crippen LogP contribution < -0.4 is 5.32 Å². The minimum atomic E-state index is -4.24. The molecule has 0 aromatic rings. The van der Waals surface area contributed by atoms with E-state index in [0.29, 0.717) is 0 Å². The number of hydrogen-bond acceptors (Lipinski definition) is 2. The first-order chi connectivity index (χ1) is 9.03. The van der Waals surface area contributed by atoms with Crippen LogP contribution in [0.3, 0.4) is 0 Å². The molecule has 0 fully saturated rings. The van der Waals surface area contributed by atoms with Crippen molar-refractivity contribution in [1.29, 1.82) is 0 Å². The second-order valence-corrected chi connectivity index (χ2v) is 5.02. The summed E-state index contributed by atoms with van der Waals surface area (Å²) in [5.74, 6) is 0. The van der Waals surface area contributed by atoms with Gasteiger partial charge in [0.05, 0.1) is 12.6 Å². The molecular formula is C14H24F3NO. The van der Waals surface area contributed by atoms with Crippen molar-refractivity contribution in [3.05, 3.63) is 11.6 Å². The monoisotopic (exact) mass is 279 g/mol. The van der Waals surface area contributed by atoms with Crippen molar-refractivity contribution in [3.63, 3.8) is 0 Å². The lowest BCUT2D eigenvalue weighted by molar-refractivity contribution is -0.174.